The Balaban J connectivity index is 2.97. The van der Waals surface area contributed by atoms with Gasteiger partial charge in [-0.25, -0.2) is 4.39 Å². The van der Waals surface area contributed by atoms with Crippen LogP contribution in [0.15, 0.2) is 18.2 Å². The maximum atomic E-state index is 13.2. The van der Waals surface area contributed by atoms with Crippen LogP contribution in [-0.2, 0) is 16.8 Å². The van der Waals surface area contributed by atoms with Gasteiger partial charge in [0.15, 0.2) is 0 Å². The highest BCUT2D eigenvalue weighted by Crippen LogP contribution is 2.16. The molecule has 18 heavy (non-hydrogen) atoms. The molecule has 0 atom stereocenters. The largest absolute Gasteiger partial charge is 0.326 e. The number of hydrogen-bond donors (Lipinski definition) is 2. The standard InChI is InChI=1S/C11H18FN3O2S/c1-3-15(4-2)18(16,17)14-10-5-6-11(12)9(7-10)8-13/h5-7,14H,3-4,8,13H2,1-2H3. The Labute approximate surface area is 107 Å². The van der Waals surface area contributed by atoms with Crippen LogP contribution in [0.4, 0.5) is 10.1 Å². The van der Waals surface area contributed by atoms with E-state index in [-0.39, 0.29) is 12.1 Å². The number of halogens is 1. The van der Waals surface area contributed by atoms with Crippen molar-refractivity contribution in [1.82, 2.24) is 4.31 Å². The molecular formula is C11H18FN3O2S. The van der Waals surface area contributed by atoms with Crippen molar-refractivity contribution in [3.63, 3.8) is 0 Å². The van der Waals surface area contributed by atoms with Crippen LogP contribution in [-0.4, -0.2) is 25.8 Å². The second-order valence-electron chi connectivity index (χ2n) is 3.70. The summed E-state index contributed by atoms with van der Waals surface area (Å²) in [6.45, 7) is 4.26. The topological polar surface area (TPSA) is 75.4 Å². The molecule has 0 amide bonds. The fraction of sp³-hybridized carbons (Fsp3) is 0.455. The summed E-state index contributed by atoms with van der Waals surface area (Å²) in [6, 6.07) is 3.97. The van der Waals surface area contributed by atoms with Crippen LogP contribution >= 0.6 is 0 Å². The second kappa shape index (κ2) is 6.12. The van der Waals surface area contributed by atoms with Crippen molar-refractivity contribution in [1.29, 1.82) is 0 Å². The minimum Gasteiger partial charge on any atom is -0.326 e. The van der Waals surface area contributed by atoms with Crippen LogP contribution in [0, 0.1) is 5.82 Å². The lowest BCUT2D eigenvalue weighted by Crippen LogP contribution is -2.35. The SMILES string of the molecule is CCN(CC)S(=O)(=O)Nc1ccc(F)c(CN)c1. The van der Waals surface area contributed by atoms with E-state index in [4.69, 9.17) is 5.73 Å². The van der Waals surface area contributed by atoms with Gasteiger partial charge in [0.25, 0.3) is 0 Å². The van der Waals surface area contributed by atoms with Crippen molar-refractivity contribution >= 4 is 15.9 Å². The summed E-state index contributed by atoms with van der Waals surface area (Å²) in [4.78, 5) is 0. The highest BCUT2D eigenvalue weighted by atomic mass is 32.2. The molecule has 0 aromatic heterocycles. The van der Waals surface area contributed by atoms with Gasteiger partial charge in [0.1, 0.15) is 5.82 Å². The minimum atomic E-state index is -3.59. The van der Waals surface area contributed by atoms with E-state index in [9.17, 15) is 12.8 Å². The quantitative estimate of drug-likeness (QED) is 0.821. The fourth-order valence-electron chi connectivity index (χ4n) is 1.57. The van der Waals surface area contributed by atoms with Gasteiger partial charge in [-0.1, -0.05) is 13.8 Å². The number of benzene rings is 1. The summed E-state index contributed by atoms with van der Waals surface area (Å²) in [7, 11) is -3.59. The van der Waals surface area contributed by atoms with Gasteiger partial charge < -0.3 is 5.73 Å². The van der Waals surface area contributed by atoms with Crippen molar-refractivity contribution in [3.05, 3.63) is 29.6 Å². The predicted octanol–water partition coefficient (Wildman–Crippen LogP) is 1.28. The lowest BCUT2D eigenvalue weighted by atomic mass is 10.2. The number of nitrogens with zero attached hydrogens (tertiary/aromatic N) is 1. The Morgan fingerprint density at radius 3 is 2.44 bits per heavy atom. The molecule has 3 N–H and O–H groups in total. The van der Waals surface area contributed by atoms with Gasteiger partial charge >= 0.3 is 10.2 Å². The molecule has 0 aliphatic rings. The van der Waals surface area contributed by atoms with Gasteiger partial charge in [0.2, 0.25) is 0 Å². The van der Waals surface area contributed by atoms with Crippen LogP contribution in [0.5, 0.6) is 0 Å². The normalized spacial score (nSPS) is 11.8. The Bertz CT molecular complexity index is 501. The van der Waals surface area contributed by atoms with E-state index in [1.165, 1.54) is 22.5 Å². The van der Waals surface area contributed by atoms with Crippen LogP contribution in [0.1, 0.15) is 19.4 Å². The minimum absolute atomic E-state index is 0.0205. The number of nitrogens with one attached hydrogen (secondary N) is 1. The Morgan fingerprint density at radius 2 is 1.94 bits per heavy atom. The molecule has 0 bridgehead atoms. The third-order valence-electron chi connectivity index (χ3n) is 2.56. The van der Waals surface area contributed by atoms with Gasteiger partial charge in [-0.3, -0.25) is 4.72 Å². The lowest BCUT2D eigenvalue weighted by molar-refractivity contribution is 0.449. The Morgan fingerprint density at radius 1 is 1.33 bits per heavy atom. The molecule has 0 heterocycles. The van der Waals surface area contributed by atoms with Crippen molar-refractivity contribution in [2.45, 2.75) is 20.4 Å². The molecule has 102 valence electrons. The summed E-state index contributed by atoms with van der Waals surface area (Å²) in [5, 5.41) is 0. The number of rotatable bonds is 6. The van der Waals surface area contributed by atoms with Gasteiger partial charge in [0, 0.05) is 25.2 Å². The maximum absolute atomic E-state index is 13.2. The number of anilines is 1. The molecule has 0 saturated carbocycles. The smallest absolute Gasteiger partial charge is 0.301 e. The fourth-order valence-corrected chi connectivity index (χ4v) is 2.81. The van der Waals surface area contributed by atoms with Crippen LogP contribution in [0.2, 0.25) is 0 Å². The van der Waals surface area contributed by atoms with Gasteiger partial charge in [0.05, 0.1) is 5.69 Å². The molecule has 1 aromatic carbocycles. The first-order chi connectivity index (χ1) is 8.44. The maximum Gasteiger partial charge on any atom is 0.301 e. The lowest BCUT2D eigenvalue weighted by Gasteiger charge is -2.19. The van der Waals surface area contributed by atoms with E-state index >= 15 is 0 Å². The zero-order chi connectivity index (χ0) is 13.8. The summed E-state index contributed by atoms with van der Waals surface area (Å²) in [5.41, 5.74) is 5.95. The molecule has 0 spiro atoms. The third kappa shape index (κ3) is 3.41. The zero-order valence-corrected chi connectivity index (χ0v) is 11.3. The first-order valence-corrected chi connectivity index (χ1v) is 7.15. The first-order valence-electron chi connectivity index (χ1n) is 5.71. The van der Waals surface area contributed by atoms with Gasteiger partial charge in [-0.05, 0) is 18.2 Å². The molecule has 0 unspecified atom stereocenters. The summed E-state index contributed by atoms with van der Waals surface area (Å²) < 4.78 is 40.8. The van der Waals surface area contributed by atoms with Crippen LogP contribution in [0.25, 0.3) is 0 Å². The highest BCUT2D eigenvalue weighted by molar-refractivity contribution is 7.90. The molecule has 1 aromatic rings. The predicted molar refractivity (Wildman–Crippen MR) is 69.8 cm³/mol. The third-order valence-corrected chi connectivity index (χ3v) is 4.25. The monoisotopic (exact) mass is 275 g/mol. The van der Waals surface area contributed by atoms with Crippen molar-refractivity contribution in [2.75, 3.05) is 17.8 Å². The molecule has 0 saturated heterocycles. The average molecular weight is 275 g/mol. The van der Waals surface area contributed by atoms with E-state index < -0.39 is 16.0 Å². The average Bonchev–Trinajstić information content (AvgIpc) is 2.32. The summed E-state index contributed by atoms with van der Waals surface area (Å²) in [5.74, 6) is -0.441. The van der Waals surface area contributed by atoms with Crippen molar-refractivity contribution in [3.8, 4) is 0 Å². The van der Waals surface area contributed by atoms with E-state index in [1.54, 1.807) is 13.8 Å². The second-order valence-corrected chi connectivity index (χ2v) is 5.37. The van der Waals surface area contributed by atoms with Crippen molar-refractivity contribution < 1.29 is 12.8 Å². The number of hydrogen-bond acceptors (Lipinski definition) is 3. The molecule has 0 aliphatic carbocycles. The molecule has 7 heteroatoms. The highest BCUT2D eigenvalue weighted by Gasteiger charge is 2.18. The zero-order valence-electron chi connectivity index (χ0n) is 10.5. The molecule has 0 radical (unpaired) electrons. The van der Waals surface area contributed by atoms with Gasteiger partial charge in [-0.15, -0.1) is 0 Å². The van der Waals surface area contributed by atoms with Crippen LogP contribution in [0.3, 0.4) is 0 Å². The van der Waals surface area contributed by atoms with Crippen LogP contribution < -0.4 is 10.5 Å². The Kier molecular flexibility index (Phi) is 5.06. The Hall–Kier alpha value is -1.18. The van der Waals surface area contributed by atoms with E-state index in [1.807, 2.05) is 0 Å². The molecular weight excluding hydrogens is 257 g/mol. The molecule has 0 aliphatic heterocycles. The summed E-state index contributed by atoms with van der Waals surface area (Å²) in [6.07, 6.45) is 0. The summed E-state index contributed by atoms with van der Waals surface area (Å²) >= 11 is 0. The molecule has 0 fully saturated rings. The van der Waals surface area contributed by atoms with E-state index in [0.29, 0.717) is 18.8 Å². The van der Waals surface area contributed by atoms with Crippen molar-refractivity contribution in [2.24, 2.45) is 5.73 Å². The molecule has 5 nitrogen and oxygen atoms in total. The van der Waals surface area contributed by atoms with E-state index in [0.717, 1.165) is 0 Å². The number of nitrogens with two attached hydrogens (primary N) is 1. The molecule has 1 rings (SSSR count). The van der Waals surface area contributed by atoms with E-state index in [2.05, 4.69) is 4.72 Å². The van der Waals surface area contributed by atoms with Gasteiger partial charge in [-0.2, -0.15) is 12.7 Å². The first kappa shape index (κ1) is 14.9.